The Balaban J connectivity index is 1.81. The van der Waals surface area contributed by atoms with Crippen molar-refractivity contribution in [3.63, 3.8) is 0 Å². The minimum absolute atomic E-state index is 0.0873. The maximum atomic E-state index is 14.7. The Labute approximate surface area is 220 Å². The third-order valence-corrected chi connectivity index (χ3v) is 7.16. The fraction of sp³-hybridized carbons (Fsp3) is 0.286. The fourth-order valence-electron chi connectivity index (χ4n) is 4.02. The van der Waals surface area contributed by atoms with Gasteiger partial charge in [0.15, 0.2) is 17.7 Å². The SMILES string of the molecule is COc1ccc([C@@H]2Sc3cc(Oc4ccccc4)ccc3N(CCN(C)C)C(=O)[C@@H]2OC(C)=O)cc1F. The molecule has 0 saturated heterocycles. The lowest BCUT2D eigenvalue weighted by atomic mass is 10.0. The summed E-state index contributed by atoms with van der Waals surface area (Å²) < 4.78 is 31.4. The van der Waals surface area contributed by atoms with Crippen LogP contribution in [0.15, 0.2) is 71.6 Å². The maximum absolute atomic E-state index is 14.7. The number of esters is 1. The van der Waals surface area contributed by atoms with Gasteiger partial charge in [-0.25, -0.2) is 4.39 Å². The van der Waals surface area contributed by atoms with Crippen molar-refractivity contribution >= 4 is 29.3 Å². The van der Waals surface area contributed by atoms with Gasteiger partial charge in [0.1, 0.15) is 11.5 Å². The molecule has 0 aliphatic carbocycles. The number of hydrogen-bond acceptors (Lipinski definition) is 7. The van der Waals surface area contributed by atoms with E-state index in [-0.39, 0.29) is 11.7 Å². The van der Waals surface area contributed by atoms with Crippen molar-refractivity contribution in [2.24, 2.45) is 0 Å². The minimum Gasteiger partial charge on any atom is -0.494 e. The molecule has 0 N–H and O–H groups in total. The van der Waals surface area contributed by atoms with E-state index in [0.717, 1.165) is 4.90 Å². The van der Waals surface area contributed by atoms with E-state index >= 15 is 0 Å². The highest BCUT2D eigenvalue weighted by atomic mass is 32.2. The Hall–Kier alpha value is -3.56. The normalized spacial score (nSPS) is 17.2. The second-order valence-electron chi connectivity index (χ2n) is 8.80. The number of benzene rings is 3. The molecule has 0 bridgehead atoms. The first-order valence-electron chi connectivity index (χ1n) is 11.8. The topological polar surface area (TPSA) is 68.3 Å². The molecule has 0 unspecified atom stereocenters. The number of carbonyl (C=O) groups excluding carboxylic acids is 2. The quantitative estimate of drug-likeness (QED) is 0.371. The number of fused-ring (bicyclic) bond motifs is 1. The largest absolute Gasteiger partial charge is 0.494 e. The second kappa shape index (κ2) is 11.7. The molecule has 1 amide bonds. The molecule has 37 heavy (non-hydrogen) atoms. The van der Waals surface area contributed by atoms with Crippen LogP contribution in [0.4, 0.5) is 10.1 Å². The van der Waals surface area contributed by atoms with E-state index in [4.69, 9.17) is 14.2 Å². The van der Waals surface area contributed by atoms with Crippen molar-refractivity contribution < 1.29 is 28.2 Å². The van der Waals surface area contributed by atoms with Crippen molar-refractivity contribution in [1.82, 2.24) is 4.90 Å². The number of rotatable bonds is 8. The minimum atomic E-state index is -1.16. The zero-order chi connectivity index (χ0) is 26.5. The maximum Gasteiger partial charge on any atom is 0.303 e. The van der Waals surface area contributed by atoms with Crippen LogP contribution in [-0.4, -0.2) is 57.2 Å². The lowest BCUT2D eigenvalue weighted by Gasteiger charge is -2.28. The van der Waals surface area contributed by atoms with E-state index in [2.05, 4.69) is 0 Å². The molecule has 1 aliphatic heterocycles. The Morgan fingerprint density at radius 3 is 2.46 bits per heavy atom. The van der Waals surface area contributed by atoms with Crippen molar-refractivity contribution in [1.29, 1.82) is 0 Å². The summed E-state index contributed by atoms with van der Waals surface area (Å²) in [5.41, 5.74) is 1.17. The zero-order valence-corrected chi connectivity index (χ0v) is 22.0. The molecule has 1 heterocycles. The van der Waals surface area contributed by atoms with Gasteiger partial charge in [0, 0.05) is 24.9 Å². The molecule has 0 fully saturated rings. The van der Waals surface area contributed by atoms with Crippen LogP contribution < -0.4 is 14.4 Å². The Morgan fingerprint density at radius 1 is 1.05 bits per heavy atom. The molecule has 0 radical (unpaired) electrons. The Bertz CT molecular complexity index is 1270. The van der Waals surface area contributed by atoms with Crippen molar-refractivity contribution in [3.05, 3.63) is 78.1 Å². The summed E-state index contributed by atoms with van der Waals surface area (Å²) in [6.07, 6.45) is -1.16. The fourth-order valence-corrected chi connectivity index (χ4v) is 5.36. The van der Waals surface area contributed by atoms with Crippen LogP contribution in [0.1, 0.15) is 17.7 Å². The molecule has 3 aromatic carbocycles. The van der Waals surface area contributed by atoms with Gasteiger partial charge >= 0.3 is 5.97 Å². The molecule has 0 aromatic heterocycles. The van der Waals surface area contributed by atoms with Crippen molar-refractivity contribution in [2.75, 3.05) is 39.2 Å². The summed E-state index contributed by atoms with van der Waals surface area (Å²) in [6.45, 7) is 2.23. The van der Waals surface area contributed by atoms with E-state index in [1.807, 2.05) is 61.5 Å². The zero-order valence-electron chi connectivity index (χ0n) is 21.1. The van der Waals surface area contributed by atoms with Gasteiger partial charge in [0.05, 0.1) is 18.0 Å². The number of amides is 1. The lowest BCUT2D eigenvalue weighted by Crippen LogP contribution is -2.45. The van der Waals surface area contributed by atoms with E-state index in [1.165, 1.54) is 37.9 Å². The summed E-state index contributed by atoms with van der Waals surface area (Å²) in [5.74, 6) is -0.184. The molecule has 194 valence electrons. The summed E-state index contributed by atoms with van der Waals surface area (Å²) in [6, 6.07) is 19.4. The van der Waals surface area contributed by atoms with Gasteiger partial charge in [-0.1, -0.05) is 24.3 Å². The van der Waals surface area contributed by atoms with Crippen LogP contribution in [0.25, 0.3) is 0 Å². The Kier molecular flexibility index (Phi) is 8.35. The highest BCUT2D eigenvalue weighted by Gasteiger charge is 2.41. The predicted molar refractivity (Wildman–Crippen MR) is 141 cm³/mol. The molecule has 4 rings (SSSR count). The van der Waals surface area contributed by atoms with Crippen molar-refractivity contribution in [3.8, 4) is 17.2 Å². The highest BCUT2D eigenvalue weighted by Crippen LogP contribution is 2.48. The monoisotopic (exact) mass is 524 g/mol. The van der Waals surface area contributed by atoms with Crippen LogP contribution in [0, 0.1) is 5.82 Å². The van der Waals surface area contributed by atoms with Gasteiger partial charge in [-0.3, -0.25) is 9.59 Å². The Morgan fingerprint density at radius 2 is 1.81 bits per heavy atom. The number of carbonyl (C=O) groups is 2. The predicted octanol–water partition coefficient (Wildman–Crippen LogP) is 5.30. The smallest absolute Gasteiger partial charge is 0.303 e. The van der Waals surface area contributed by atoms with Gasteiger partial charge in [-0.05, 0) is 62.1 Å². The van der Waals surface area contributed by atoms with Gasteiger partial charge in [0.25, 0.3) is 5.91 Å². The number of hydrogen-bond donors (Lipinski definition) is 0. The van der Waals surface area contributed by atoms with E-state index in [0.29, 0.717) is 35.8 Å². The first-order chi connectivity index (χ1) is 17.8. The molecule has 2 atom stereocenters. The van der Waals surface area contributed by atoms with Crippen LogP contribution >= 0.6 is 11.8 Å². The molecule has 0 spiro atoms. The molecular formula is C28H29FN2O5S. The standard InChI is InChI=1S/C28H29FN2O5S/c1-18(32)35-26-27(19-10-13-24(34-4)22(29)16-19)37-25-17-21(36-20-8-6-5-7-9-20)11-12-23(25)31(28(26)33)15-14-30(2)3/h5-13,16-17,26-27H,14-15H2,1-4H3/t26-,27+/m1/s1. The van der Waals surface area contributed by atoms with E-state index < -0.39 is 23.1 Å². The van der Waals surface area contributed by atoms with Gasteiger partial charge in [-0.2, -0.15) is 0 Å². The number of methoxy groups -OCH3 is 1. The third-order valence-electron chi connectivity index (χ3n) is 5.81. The summed E-state index contributed by atoms with van der Waals surface area (Å²) in [5, 5.41) is -0.702. The second-order valence-corrected chi connectivity index (χ2v) is 9.98. The van der Waals surface area contributed by atoms with Crippen LogP contribution in [0.5, 0.6) is 17.2 Å². The number of likely N-dealkylation sites (N-methyl/N-ethyl adjacent to an activating group) is 1. The van der Waals surface area contributed by atoms with Crippen LogP contribution in [0.3, 0.4) is 0 Å². The number of thioether (sulfide) groups is 1. The first-order valence-corrected chi connectivity index (χ1v) is 12.6. The summed E-state index contributed by atoms with van der Waals surface area (Å²) in [4.78, 5) is 30.3. The number of nitrogens with zero attached hydrogens (tertiary/aromatic N) is 2. The lowest BCUT2D eigenvalue weighted by molar-refractivity contribution is -0.152. The molecule has 0 saturated carbocycles. The first kappa shape index (κ1) is 26.5. The molecule has 1 aliphatic rings. The number of ether oxygens (including phenoxy) is 3. The summed E-state index contributed by atoms with van der Waals surface area (Å²) in [7, 11) is 5.22. The molecular weight excluding hydrogens is 495 g/mol. The van der Waals surface area contributed by atoms with E-state index in [1.54, 1.807) is 17.0 Å². The average molecular weight is 525 g/mol. The van der Waals surface area contributed by atoms with Gasteiger partial charge in [0.2, 0.25) is 0 Å². The highest BCUT2D eigenvalue weighted by molar-refractivity contribution is 7.99. The van der Waals surface area contributed by atoms with Gasteiger partial charge in [-0.15, -0.1) is 11.8 Å². The third kappa shape index (κ3) is 6.23. The van der Waals surface area contributed by atoms with E-state index in [9.17, 15) is 14.0 Å². The molecule has 3 aromatic rings. The number of anilines is 1. The van der Waals surface area contributed by atoms with Crippen LogP contribution in [-0.2, 0) is 14.3 Å². The molecule has 9 heteroatoms. The average Bonchev–Trinajstić information content (AvgIpc) is 2.97. The number of halogens is 1. The van der Waals surface area contributed by atoms with Crippen LogP contribution in [0.2, 0.25) is 0 Å². The number of para-hydroxylation sites is 1. The molecule has 7 nitrogen and oxygen atoms in total. The van der Waals surface area contributed by atoms with Gasteiger partial charge < -0.3 is 24.0 Å². The van der Waals surface area contributed by atoms with Crippen molar-refractivity contribution in [2.45, 2.75) is 23.2 Å². The summed E-state index contributed by atoms with van der Waals surface area (Å²) >= 11 is 1.33.